The zero-order chi connectivity index (χ0) is 16.3. The van der Waals surface area contributed by atoms with Gasteiger partial charge in [-0.25, -0.2) is 0 Å². The Balaban J connectivity index is 2.26. The maximum Gasteiger partial charge on any atom is 0.245 e. The summed E-state index contributed by atoms with van der Waals surface area (Å²) in [5.41, 5.74) is 2.06. The molecule has 2 aromatic rings. The van der Waals surface area contributed by atoms with Crippen molar-refractivity contribution in [2.75, 3.05) is 7.05 Å². The van der Waals surface area contributed by atoms with E-state index in [0.29, 0.717) is 6.42 Å². The Hall–Kier alpha value is -2.30. The van der Waals surface area contributed by atoms with Crippen molar-refractivity contribution >= 4 is 22.7 Å². The Labute approximate surface area is 130 Å². The van der Waals surface area contributed by atoms with E-state index in [1.54, 1.807) is 11.9 Å². The molecule has 0 saturated carbocycles. The van der Waals surface area contributed by atoms with Crippen molar-refractivity contribution in [2.24, 2.45) is 0 Å². The molecule has 2 N–H and O–H groups in total. The van der Waals surface area contributed by atoms with Crippen molar-refractivity contribution in [3.8, 4) is 0 Å². The average Bonchev–Trinajstić information content (AvgIpc) is 2.88. The number of benzene rings is 1. The van der Waals surface area contributed by atoms with Crippen LogP contribution < -0.4 is 5.32 Å². The normalized spacial score (nSPS) is 12.4. The number of likely N-dealkylation sites (N-methyl/N-ethyl adjacent to an activating group) is 1. The molecule has 1 atom stereocenters. The molecule has 0 aliphatic carbocycles. The maximum atomic E-state index is 12.6. The number of rotatable bonds is 5. The van der Waals surface area contributed by atoms with Gasteiger partial charge in [0.05, 0.1) is 0 Å². The van der Waals surface area contributed by atoms with E-state index >= 15 is 0 Å². The largest absolute Gasteiger partial charge is 0.361 e. The van der Waals surface area contributed by atoms with Gasteiger partial charge in [-0.1, -0.05) is 18.2 Å². The summed E-state index contributed by atoms with van der Waals surface area (Å²) in [4.78, 5) is 28.9. The monoisotopic (exact) mass is 301 g/mol. The number of aromatic amines is 1. The summed E-state index contributed by atoms with van der Waals surface area (Å²) in [6.45, 7) is 5.34. The van der Waals surface area contributed by atoms with Crippen molar-refractivity contribution in [3.05, 3.63) is 36.0 Å². The molecule has 5 heteroatoms. The third-order valence-electron chi connectivity index (χ3n) is 3.90. The van der Waals surface area contributed by atoms with Gasteiger partial charge in [-0.2, -0.15) is 0 Å². The fourth-order valence-corrected chi connectivity index (χ4v) is 2.47. The second kappa shape index (κ2) is 6.64. The highest BCUT2D eigenvalue weighted by Crippen LogP contribution is 2.19. The first kappa shape index (κ1) is 16.1. The van der Waals surface area contributed by atoms with Crippen LogP contribution in [0.15, 0.2) is 30.5 Å². The molecule has 5 nitrogen and oxygen atoms in total. The molecule has 0 saturated heterocycles. The van der Waals surface area contributed by atoms with Crippen LogP contribution in [0.5, 0.6) is 0 Å². The summed E-state index contributed by atoms with van der Waals surface area (Å²) in [6.07, 6.45) is 2.38. The molecule has 1 unspecified atom stereocenters. The number of amides is 2. The first-order valence-corrected chi connectivity index (χ1v) is 7.49. The van der Waals surface area contributed by atoms with Crippen molar-refractivity contribution in [1.29, 1.82) is 0 Å². The Morgan fingerprint density at radius 2 is 1.95 bits per heavy atom. The van der Waals surface area contributed by atoms with Crippen molar-refractivity contribution in [1.82, 2.24) is 15.2 Å². The number of H-pyrrole nitrogens is 1. The van der Waals surface area contributed by atoms with Gasteiger partial charge in [0.15, 0.2) is 0 Å². The standard InChI is InChI=1S/C17H23N3O2/c1-11(2)20(4)17(22)16(19-12(3)21)9-13-10-18-15-8-6-5-7-14(13)15/h5-8,10-11,16,18H,9H2,1-4H3,(H,19,21). The lowest BCUT2D eigenvalue weighted by atomic mass is 10.0. The van der Waals surface area contributed by atoms with E-state index < -0.39 is 6.04 Å². The van der Waals surface area contributed by atoms with Gasteiger partial charge in [-0.3, -0.25) is 9.59 Å². The maximum absolute atomic E-state index is 12.6. The summed E-state index contributed by atoms with van der Waals surface area (Å²) in [5.74, 6) is -0.272. The SMILES string of the molecule is CC(=O)NC(Cc1c[nH]c2ccccc12)C(=O)N(C)C(C)C. The van der Waals surface area contributed by atoms with E-state index in [0.717, 1.165) is 16.5 Å². The molecule has 22 heavy (non-hydrogen) atoms. The quantitative estimate of drug-likeness (QED) is 0.888. The minimum Gasteiger partial charge on any atom is -0.361 e. The Kier molecular flexibility index (Phi) is 4.85. The molecule has 0 aliphatic rings. The average molecular weight is 301 g/mol. The molecular formula is C17H23N3O2. The van der Waals surface area contributed by atoms with Gasteiger partial charge in [0.2, 0.25) is 11.8 Å². The first-order valence-electron chi connectivity index (χ1n) is 7.49. The van der Waals surface area contributed by atoms with E-state index in [1.165, 1.54) is 6.92 Å². The first-order chi connectivity index (χ1) is 10.4. The summed E-state index contributed by atoms with van der Waals surface area (Å²) in [6, 6.07) is 7.48. The second-order valence-electron chi connectivity index (χ2n) is 5.86. The molecule has 2 amide bonds. The van der Waals surface area contributed by atoms with E-state index in [1.807, 2.05) is 44.3 Å². The summed E-state index contributed by atoms with van der Waals surface area (Å²) >= 11 is 0. The van der Waals surface area contributed by atoms with Crippen molar-refractivity contribution < 1.29 is 9.59 Å². The van der Waals surface area contributed by atoms with Gasteiger partial charge in [0, 0.05) is 43.5 Å². The molecule has 1 aromatic carbocycles. The highest BCUT2D eigenvalue weighted by atomic mass is 16.2. The van der Waals surface area contributed by atoms with Crippen molar-refractivity contribution in [3.63, 3.8) is 0 Å². The zero-order valence-corrected chi connectivity index (χ0v) is 13.5. The molecule has 1 aromatic heterocycles. The molecule has 0 spiro atoms. The Morgan fingerprint density at radius 3 is 2.59 bits per heavy atom. The van der Waals surface area contributed by atoms with Crippen LogP contribution in [0, 0.1) is 0 Å². The number of fused-ring (bicyclic) bond motifs is 1. The van der Waals surface area contributed by atoms with Gasteiger partial charge in [-0.05, 0) is 25.5 Å². The molecule has 0 radical (unpaired) electrons. The van der Waals surface area contributed by atoms with Gasteiger partial charge < -0.3 is 15.2 Å². The van der Waals surface area contributed by atoms with Gasteiger partial charge >= 0.3 is 0 Å². The molecule has 0 fully saturated rings. The predicted octanol–water partition coefficient (Wildman–Crippen LogP) is 2.08. The fraction of sp³-hybridized carbons (Fsp3) is 0.412. The minimum absolute atomic E-state index is 0.0736. The van der Waals surface area contributed by atoms with Crippen LogP contribution in [0.3, 0.4) is 0 Å². The lowest BCUT2D eigenvalue weighted by Gasteiger charge is -2.27. The lowest BCUT2D eigenvalue weighted by molar-refractivity contribution is -0.136. The third-order valence-corrected chi connectivity index (χ3v) is 3.90. The second-order valence-corrected chi connectivity index (χ2v) is 5.86. The molecule has 0 bridgehead atoms. The Morgan fingerprint density at radius 1 is 1.27 bits per heavy atom. The highest BCUT2D eigenvalue weighted by Gasteiger charge is 2.25. The van der Waals surface area contributed by atoms with Crippen LogP contribution in [-0.2, 0) is 16.0 Å². The van der Waals surface area contributed by atoms with Crippen LogP contribution in [0.25, 0.3) is 10.9 Å². The fourth-order valence-electron chi connectivity index (χ4n) is 2.47. The number of carbonyl (C=O) groups is 2. The molecule has 1 heterocycles. The number of nitrogens with zero attached hydrogens (tertiary/aromatic N) is 1. The van der Waals surface area contributed by atoms with E-state index in [9.17, 15) is 9.59 Å². The lowest BCUT2D eigenvalue weighted by Crippen LogP contribution is -2.49. The molecular weight excluding hydrogens is 278 g/mol. The molecule has 118 valence electrons. The number of carbonyl (C=O) groups excluding carboxylic acids is 2. The van der Waals surface area contributed by atoms with Gasteiger partial charge in [-0.15, -0.1) is 0 Å². The number of para-hydroxylation sites is 1. The molecule has 0 aliphatic heterocycles. The Bertz CT molecular complexity index is 675. The van der Waals surface area contributed by atoms with Crippen molar-refractivity contribution in [2.45, 2.75) is 39.3 Å². The zero-order valence-electron chi connectivity index (χ0n) is 13.5. The van der Waals surface area contributed by atoms with Crippen LogP contribution in [-0.4, -0.2) is 40.8 Å². The number of hydrogen-bond acceptors (Lipinski definition) is 2. The number of hydrogen-bond donors (Lipinski definition) is 2. The summed E-state index contributed by atoms with van der Waals surface area (Å²) < 4.78 is 0. The van der Waals surface area contributed by atoms with Gasteiger partial charge in [0.25, 0.3) is 0 Å². The van der Waals surface area contributed by atoms with E-state index in [-0.39, 0.29) is 17.9 Å². The number of aromatic nitrogens is 1. The van der Waals surface area contributed by atoms with E-state index in [4.69, 9.17) is 0 Å². The summed E-state index contributed by atoms with van der Waals surface area (Å²) in [5, 5.41) is 3.86. The summed E-state index contributed by atoms with van der Waals surface area (Å²) in [7, 11) is 1.76. The van der Waals surface area contributed by atoms with Crippen LogP contribution >= 0.6 is 0 Å². The minimum atomic E-state index is -0.552. The third kappa shape index (κ3) is 3.47. The van der Waals surface area contributed by atoms with Crippen LogP contribution in [0.4, 0.5) is 0 Å². The smallest absolute Gasteiger partial charge is 0.245 e. The van der Waals surface area contributed by atoms with Crippen LogP contribution in [0.1, 0.15) is 26.3 Å². The number of nitrogens with one attached hydrogen (secondary N) is 2. The van der Waals surface area contributed by atoms with Gasteiger partial charge in [0.1, 0.15) is 6.04 Å². The van der Waals surface area contributed by atoms with E-state index in [2.05, 4.69) is 10.3 Å². The highest BCUT2D eigenvalue weighted by molar-refractivity contribution is 5.89. The van der Waals surface area contributed by atoms with Crippen LogP contribution in [0.2, 0.25) is 0 Å². The predicted molar refractivity (Wildman–Crippen MR) is 87.5 cm³/mol. The molecule has 2 rings (SSSR count). The topological polar surface area (TPSA) is 65.2 Å².